The van der Waals surface area contributed by atoms with Gasteiger partial charge in [-0.1, -0.05) is 42.4 Å². The molecule has 116 valence electrons. The summed E-state index contributed by atoms with van der Waals surface area (Å²) in [7, 11) is 0. The molecule has 0 spiro atoms. The fourth-order valence-electron chi connectivity index (χ4n) is 2.17. The number of urea groups is 1. The van der Waals surface area contributed by atoms with Gasteiger partial charge in [-0.3, -0.25) is 10.1 Å². The quantitative estimate of drug-likeness (QED) is 0.712. The third-order valence-electron chi connectivity index (χ3n) is 3.23. The van der Waals surface area contributed by atoms with Gasteiger partial charge in [-0.15, -0.1) is 10.2 Å². The average molecular weight is 329 g/mol. The maximum atomic E-state index is 11.6. The van der Waals surface area contributed by atoms with Crippen molar-refractivity contribution in [3.63, 3.8) is 0 Å². The molecule has 0 radical (unpaired) electrons. The van der Waals surface area contributed by atoms with Crippen molar-refractivity contribution in [2.75, 3.05) is 5.32 Å². The molecular formula is C12H19N5O2S2. The lowest BCUT2D eigenvalue weighted by atomic mass is 9.96. The molecule has 1 saturated carbocycles. The van der Waals surface area contributed by atoms with Gasteiger partial charge in [0.25, 0.3) is 0 Å². The first-order valence-electron chi connectivity index (χ1n) is 6.91. The van der Waals surface area contributed by atoms with Crippen LogP contribution in [-0.2, 0) is 4.79 Å². The number of nitrogens with one attached hydrogen (secondary N) is 2. The van der Waals surface area contributed by atoms with Gasteiger partial charge in [0.2, 0.25) is 11.0 Å². The van der Waals surface area contributed by atoms with Gasteiger partial charge in [-0.2, -0.15) is 0 Å². The molecule has 1 aliphatic rings. The Kier molecular flexibility index (Phi) is 5.80. The topological polar surface area (TPSA) is 110 Å². The molecular weight excluding hydrogens is 310 g/mol. The number of imide groups is 1. The van der Waals surface area contributed by atoms with Crippen LogP contribution in [0.3, 0.4) is 0 Å². The Hall–Kier alpha value is -1.35. The van der Waals surface area contributed by atoms with Crippen LogP contribution in [0.15, 0.2) is 4.34 Å². The Morgan fingerprint density at radius 2 is 2.05 bits per heavy atom. The number of primary amides is 1. The maximum absolute atomic E-state index is 11.6. The van der Waals surface area contributed by atoms with E-state index in [0.29, 0.717) is 10.4 Å². The van der Waals surface area contributed by atoms with Gasteiger partial charge in [0.1, 0.15) is 0 Å². The number of nitrogens with two attached hydrogens (primary N) is 1. The van der Waals surface area contributed by atoms with Crippen LogP contribution in [0.25, 0.3) is 0 Å². The zero-order valence-electron chi connectivity index (χ0n) is 11.8. The largest absolute Gasteiger partial charge is 0.357 e. The monoisotopic (exact) mass is 329 g/mol. The second-order valence-corrected chi connectivity index (χ2v) is 7.53. The average Bonchev–Trinajstić information content (AvgIpc) is 2.86. The number of hydrogen-bond acceptors (Lipinski definition) is 7. The molecule has 0 saturated heterocycles. The lowest BCUT2D eigenvalue weighted by Crippen LogP contribution is -2.39. The zero-order valence-corrected chi connectivity index (χ0v) is 13.4. The highest BCUT2D eigenvalue weighted by atomic mass is 32.2. The molecule has 0 aliphatic heterocycles. The Bertz CT molecular complexity index is 502. The second kappa shape index (κ2) is 7.60. The van der Waals surface area contributed by atoms with Gasteiger partial charge >= 0.3 is 6.03 Å². The minimum atomic E-state index is -0.843. The fourth-order valence-corrected chi connectivity index (χ4v) is 4.14. The van der Waals surface area contributed by atoms with E-state index in [0.717, 1.165) is 5.13 Å². The van der Waals surface area contributed by atoms with E-state index in [2.05, 4.69) is 20.8 Å². The van der Waals surface area contributed by atoms with Gasteiger partial charge in [-0.05, 0) is 19.8 Å². The van der Waals surface area contributed by atoms with Crippen LogP contribution in [-0.4, -0.2) is 33.4 Å². The number of carbonyl (C=O) groups excluding carboxylic acids is 2. The molecule has 4 N–H and O–H groups in total. The summed E-state index contributed by atoms with van der Waals surface area (Å²) in [6.07, 6.45) is 6.14. The minimum Gasteiger partial charge on any atom is -0.357 e. The first-order chi connectivity index (χ1) is 10.0. The van der Waals surface area contributed by atoms with Crippen molar-refractivity contribution < 1.29 is 9.59 Å². The normalized spacial score (nSPS) is 17.2. The molecule has 7 nitrogen and oxygen atoms in total. The molecule has 3 amide bonds. The molecule has 1 atom stereocenters. The first kappa shape index (κ1) is 16.0. The van der Waals surface area contributed by atoms with Crippen molar-refractivity contribution in [1.82, 2.24) is 15.5 Å². The van der Waals surface area contributed by atoms with Crippen molar-refractivity contribution in [2.45, 2.75) is 54.7 Å². The molecule has 1 aliphatic carbocycles. The highest BCUT2D eigenvalue weighted by molar-refractivity contribution is 8.02. The standard InChI is InChI=1S/C12H19N5O2S2/c1-7(9(18)15-10(13)19)20-12-17-16-11(21-12)14-8-5-3-2-4-6-8/h7-8H,2-6H2,1H3,(H,14,16)(H3,13,15,18,19)/t7-/m1/s1. The van der Waals surface area contributed by atoms with Gasteiger partial charge in [0.15, 0.2) is 4.34 Å². The highest BCUT2D eigenvalue weighted by Crippen LogP contribution is 2.30. The van der Waals surface area contributed by atoms with Crippen LogP contribution in [0, 0.1) is 0 Å². The Balaban J connectivity index is 1.84. The molecule has 1 fully saturated rings. The number of anilines is 1. The van der Waals surface area contributed by atoms with Crippen LogP contribution in [0.4, 0.5) is 9.93 Å². The van der Waals surface area contributed by atoms with Gasteiger partial charge in [0.05, 0.1) is 5.25 Å². The highest BCUT2D eigenvalue weighted by Gasteiger charge is 2.19. The van der Waals surface area contributed by atoms with E-state index in [-0.39, 0.29) is 0 Å². The van der Waals surface area contributed by atoms with E-state index in [1.807, 2.05) is 0 Å². The summed E-state index contributed by atoms with van der Waals surface area (Å²) in [6.45, 7) is 1.69. The van der Waals surface area contributed by atoms with Crippen molar-refractivity contribution in [2.24, 2.45) is 5.73 Å². The molecule has 1 aromatic rings. The van der Waals surface area contributed by atoms with E-state index >= 15 is 0 Å². The van der Waals surface area contributed by atoms with E-state index in [9.17, 15) is 9.59 Å². The van der Waals surface area contributed by atoms with Crippen LogP contribution >= 0.6 is 23.1 Å². The summed E-state index contributed by atoms with van der Waals surface area (Å²) in [6, 6.07) is -0.371. The summed E-state index contributed by atoms with van der Waals surface area (Å²) in [5.41, 5.74) is 4.92. The first-order valence-corrected chi connectivity index (χ1v) is 8.61. The summed E-state index contributed by atoms with van der Waals surface area (Å²) in [5.74, 6) is -0.426. The molecule has 0 bridgehead atoms. The van der Waals surface area contributed by atoms with Gasteiger partial charge in [0, 0.05) is 6.04 Å². The summed E-state index contributed by atoms with van der Waals surface area (Å²) >= 11 is 2.69. The maximum Gasteiger partial charge on any atom is 0.318 e. The lowest BCUT2D eigenvalue weighted by Gasteiger charge is -2.21. The zero-order chi connectivity index (χ0) is 15.2. The lowest BCUT2D eigenvalue weighted by molar-refractivity contribution is -0.119. The molecule has 9 heteroatoms. The van der Waals surface area contributed by atoms with Crippen molar-refractivity contribution in [3.05, 3.63) is 0 Å². The number of hydrogen-bond donors (Lipinski definition) is 3. The van der Waals surface area contributed by atoms with Gasteiger partial charge < -0.3 is 11.1 Å². The molecule has 0 unspecified atom stereocenters. The third kappa shape index (κ3) is 5.16. The number of aromatic nitrogens is 2. The smallest absolute Gasteiger partial charge is 0.318 e. The molecule has 1 heterocycles. The Morgan fingerprint density at radius 1 is 1.33 bits per heavy atom. The SMILES string of the molecule is C[C@@H](Sc1nnc(NC2CCCCC2)s1)C(=O)NC(N)=O. The Labute approximate surface area is 131 Å². The summed E-state index contributed by atoms with van der Waals surface area (Å²) < 4.78 is 0.695. The minimum absolute atomic E-state index is 0.426. The van der Waals surface area contributed by atoms with E-state index in [1.54, 1.807) is 6.92 Å². The van der Waals surface area contributed by atoms with Crippen LogP contribution in [0.2, 0.25) is 0 Å². The predicted octanol–water partition coefficient (Wildman–Crippen LogP) is 1.96. The van der Waals surface area contributed by atoms with E-state index in [1.165, 1.54) is 55.2 Å². The van der Waals surface area contributed by atoms with E-state index < -0.39 is 17.2 Å². The van der Waals surface area contributed by atoms with Crippen molar-refractivity contribution in [1.29, 1.82) is 0 Å². The molecule has 1 aromatic heterocycles. The third-order valence-corrected chi connectivity index (χ3v) is 5.27. The number of rotatable bonds is 5. The molecule has 2 rings (SSSR count). The summed E-state index contributed by atoms with van der Waals surface area (Å²) in [4.78, 5) is 22.2. The molecule has 0 aromatic carbocycles. The number of nitrogens with zero attached hydrogens (tertiary/aromatic N) is 2. The van der Waals surface area contributed by atoms with Crippen LogP contribution in [0.5, 0.6) is 0 Å². The second-order valence-electron chi connectivity index (χ2n) is 4.97. The number of amides is 3. The van der Waals surface area contributed by atoms with Crippen LogP contribution < -0.4 is 16.4 Å². The van der Waals surface area contributed by atoms with Crippen molar-refractivity contribution >= 4 is 40.2 Å². The van der Waals surface area contributed by atoms with Crippen molar-refractivity contribution in [3.8, 4) is 0 Å². The van der Waals surface area contributed by atoms with Crippen LogP contribution in [0.1, 0.15) is 39.0 Å². The van der Waals surface area contributed by atoms with Gasteiger partial charge in [-0.25, -0.2) is 4.79 Å². The predicted molar refractivity (Wildman–Crippen MR) is 83.4 cm³/mol. The Morgan fingerprint density at radius 3 is 2.71 bits per heavy atom. The molecule has 21 heavy (non-hydrogen) atoms. The number of thioether (sulfide) groups is 1. The number of carbonyl (C=O) groups is 2. The van der Waals surface area contributed by atoms with E-state index in [4.69, 9.17) is 5.73 Å². The fraction of sp³-hybridized carbons (Fsp3) is 0.667. The summed E-state index contributed by atoms with van der Waals surface area (Å²) in [5, 5.41) is 13.9.